The van der Waals surface area contributed by atoms with Gasteiger partial charge in [-0.15, -0.1) is 0 Å². The van der Waals surface area contributed by atoms with Crippen molar-refractivity contribution in [2.24, 2.45) is 0 Å². The van der Waals surface area contributed by atoms with Gasteiger partial charge >= 0.3 is 0 Å². The van der Waals surface area contributed by atoms with Crippen LogP contribution in [-0.2, 0) is 9.47 Å². The van der Waals surface area contributed by atoms with Gasteiger partial charge in [-0.05, 0) is 31.0 Å². The topological polar surface area (TPSA) is 21.7 Å². The maximum atomic E-state index is 5.57. The smallest absolute Gasteiger partial charge is 0.184 e. The Morgan fingerprint density at radius 3 is 2.22 bits per heavy atom. The van der Waals surface area contributed by atoms with Crippen LogP contribution in [0.4, 0.5) is 5.69 Å². The number of hydrogen-bond donors (Lipinski definition) is 0. The molecule has 0 N–H and O–H groups in total. The van der Waals surface area contributed by atoms with Crippen molar-refractivity contribution >= 4 is 5.69 Å². The first-order valence-electron chi connectivity index (χ1n) is 8.48. The lowest BCUT2D eigenvalue weighted by molar-refractivity contribution is -0.0441. The molecule has 3 heteroatoms. The van der Waals surface area contributed by atoms with E-state index < -0.39 is 0 Å². The highest BCUT2D eigenvalue weighted by Gasteiger charge is 2.32. The van der Waals surface area contributed by atoms with E-state index in [9.17, 15) is 0 Å². The van der Waals surface area contributed by atoms with Crippen molar-refractivity contribution in [2.75, 3.05) is 24.7 Å². The van der Waals surface area contributed by atoms with Crippen molar-refractivity contribution < 1.29 is 9.47 Å². The molecule has 4 rings (SSSR count). The number of anilines is 1. The second-order valence-electron chi connectivity index (χ2n) is 6.40. The summed E-state index contributed by atoms with van der Waals surface area (Å²) < 4.78 is 11.1. The van der Waals surface area contributed by atoms with Crippen LogP contribution in [0.1, 0.15) is 36.7 Å². The molecule has 2 aromatic rings. The molecule has 0 unspecified atom stereocenters. The summed E-state index contributed by atoms with van der Waals surface area (Å²) >= 11 is 0. The van der Waals surface area contributed by atoms with E-state index in [4.69, 9.17) is 9.47 Å². The fraction of sp³-hybridized carbons (Fsp3) is 0.400. The number of nitrogens with zero attached hydrogens (tertiary/aromatic N) is 1. The van der Waals surface area contributed by atoms with Crippen molar-refractivity contribution in [1.82, 2.24) is 0 Å². The van der Waals surface area contributed by atoms with Gasteiger partial charge in [-0.25, -0.2) is 0 Å². The van der Waals surface area contributed by atoms with E-state index in [-0.39, 0.29) is 6.29 Å². The molecule has 0 amide bonds. The summed E-state index contributed by atoms with van der Waals surface area (Å²) in [6, 6.07) is 20.0. The Labute approximate surface area is 137 Å². The number of rotatable bonds is 3. The molecular weight excluding hydrogens is 286 g/mol. The minimum Gasteiger partial charge on any atom is -0.368 e. The molecule has 2 fully saturated rings. The van der Waals surface area contributed by atoms with E-state index in [2.05, 4.69) is 66.4 Å². The van der Waals surface area contributed by atoms with E-state index in [1.807, 2.05) is 0 Å². The van der Waals surface area contributed by atoms with Crippen molar-refractivity contribution in [3.8, 4) is 0 Å². The third-order valence-corrected chi connectivity index (χ3v) is 5.10. The molecule has 0 radical (unpaired) electrons. The molecule has 0 bridgehead atoms. The SMILES string of the molecule is C[C@@H]1[C@@H](c2ccc(C3OCCO3)cc2)CCN1c1ccccc1. The second kappa shape index (κ2) is 6.34. The van der Waals surface area contributed by atoms with Gasteiger partial charge in [0, 0.05) is 29.8 Å². The van der Waals surface area contributed by atoms with Crippen molar-refractivity contribution in [1.29, 1.82) is 0 Å². The summed E-state index contributed by atoms with van der Waals surface area (Å²) in [5.41, 5.74) is 3.86. The maximum absolute atomic E-state index is 5.57. The van der Waals surface area contributed by atoms with Crippen LogP contribution in [0.25, 0.3) is 0 Å². The van der Waals surface area contributed by atoms with Crippen LogP contribution in [0.2, 0.25) is 0 Å². The average molecular weight is 309 g/mol. The van der Waals surface area contributed by atoms with E-state index in [1.165, 1.54) is 17.7 Å². The van der Waals surface area contributed by atoms with Gasteiger partial charge in [0.05, 0.1) is 13.2 Å². The lowest BCUT2D eigenvalue weighted by atomic mass is 9.92. The highest BCUT2D eigenvalue weighted by Crippen LogP contribution is 2.37. The first-order valence-corrected chi connectivity index (χ1v) is 8.48. The maximum Gasteiger partial charge on any atom is 0.184 e. The Balaban J connectivity index is 1.50. The summed E-state index contributed by atoms with van der Waals surface area (Å²) in [4.78, 5) is 2.52. The highest BCUT2D eigenvalue weighted by molar-refractivity contribution is 5.49. The summed E-state index contributed by atoms with van der Waals surface area (Å²) in [6.45, 7) is 4.84. The Hall–Kier alpha value is -1.84. The number of para-hydroxylation sites is 1. The highest BCUT2D eigenvalue weighted by atomic mass is 16.7. The third kappa shape index (κ3) is 2.87. The van der Waals surface area contributed by atoms with Crippen molar-refractivity contribution in [3.05, 3.63) is 65.7 Å². The first kappa shape index (κ1) is 14.7. The minimum absolute atomic E-state index is 0.175. The Bertz CT molecular complexity index is 634. The molecule has 0 aliphatic carbocycles. The van der Waals surface area contributed by atoms with Gasteiger partial charge < -0.3 is 14.4 Å². The van der Waals surface area contributed by atoms with Crippen LogP contribution >= 0.6 is 0 Å². The first-order chi connectivity index (χ1) is 11.3. The molecule has 120 valence electrons. The number of hydrogen-bond acceptors (Lipinski definition) is 3. The Morgan fingerprint density at radius 2 is 1.52 bits per heavy atom. The summed E-state index contributed by atoms with van der Waals surface area (Å²) in [5.74, 6) is 0.578. The fourth-order valence-electron chi connectivity index (χ4n) is 3.82. The van der Waals surface area contributed by atoms with Gasteiger partial charge in [0.25, 0.3) is 0 Å². The summed E-state index contributed by atoms with van der Waals surface area (Å²) in [7, 11) is 0. The molecule has 2 atom stereocenters. The normalized spacial score (nSPS) is 25.2. The lowest BCUT2D eigenvalue weighted by Gasteiger charge is -2.27. The van der Waals surface area contributed by atoms with Crippen LogP contribution in [-0.4, -0.2) is 25.8 Å². The van der Waals surface area contributed by atoms with Crippen molar-refractivity contribution in [3.63, 3.8) is 0 Å². The zero-order valence-electron chi connectivity index (χ0n) is 13.5. The average Bonchev–Trinajstić information content (AvgIpc) is 3.26. The number of benzene rings is 2. The van der Waals surface area contributed by atoms with Gasteiger partial charge in [-0.1, -0.05) is 42.5 Å². The van der Waals surface area contributed by atoms with Crippen LogP contribution in [0.5, 0.6) is 0 Å². The molecule has 0 saturated carbocycles. The molecule has 2 heterocycles. The van der Waals surface area contributed by atoms with Crippen LogP contribution in [0.3, 0.4) is 0 Å². The van der Waals surface area contributed by atoms with E-state index in [0.717, 1.165) is 12.1 Å². The van der Waals surface area contributed by atoms with Crippen LogP contribution in [0, 0.1) is 0 Å². The summed E-state index contributed by atoms with van der Waals surface area (Å²) in [6.07, 6.45) is 1.03. The Morgan fingerprint density at radius 1 is 0.870 bits per heavy atom. The molecule has 2 aliphatic rings. The van der Waals surface area contributed by atoms with E-state index in [1.54, 1.807) is 0 Å². The standard InChI is InChI=1S/C20H23NO2/c1-15-19(11-12-21(15)18-5-3-2-4-6-18)16-7-9-17(10-8-16)20-22-13-14-23-20/h2-10,15,19-20H,11-14H2,1H3/t15-,19+/m1/s1. The molecule has 0 aromatic heterocycles. The molecule has 0 spiro atoms. The van der Waals surface area contributed by atoms with Gasteiger partial charge in [-0.3, -0.25) is 0 Å². The molecule has 2 aliphatic heterocycles. The molecule has 2 aromatic carbocycles. The van der Waals surface area contributed by atoms with Crippen LogP contribution in [0.15, 0.2) is 54.6 Å². The third-order valence-electron chi connectivity index (χ3n) is 5.10. The van der Waals surface area contributed by atoms with E-state index in [0.29, 0.717) is 25.2 Å². The van der Waals surface area contributed by atoms with Gasteiger partial charge in [0.1, 0.15) is 0 Å². The zero-order valence-corrected chi connectivity index (χ0v) is 13.5. The monoisotopic (exact) mass is 309 g/mol. The van der Waals surface area contributed by atoms with Gasteiger partial charge in [0.15, 0.2) is 6.29 Å². The second-order valence-corrected chi connectivity index (χ2v) is 6.40. The van der Waals surface area contributed by atoms with Crippen molar-refractivity contribution in [2.45, 2.75) is 31.6 Å². The molecular formula is C20H23NO2. The Kier molecular flexibility index (Phi) is 4.06. The molecule has 23 heavy (non-hydrogen) atoms. The number of ether oxygens (including phenoxy) is 2. The van der Waals surface area contributed by atoms with E-state index >= 15 is 0 Å². The van der Waals surface area contributed by atoms with Gasteiger partial charge in [-0.2, -0.15) is 0 Å². The quantitative estimate of drug-likeness (QED) is 0.851. The van der Waals surface area contributed by atoms with Crippen LogP contribution < -0.4 is 4.90 Å². The largest absolute Gasteiger partial charge is 0.368 e. The summed E-state index contributed by atoms with van der Waals surface area (Å²) in [5, 5.41) is 0. The predicted octanol–water partition coefficient (Wildman–Crippen LogP) is 4.11. The molecule has 2 saturated heterocycles. The lowest BCUT2D eigenvalue weighted by Crippen LogP contribution is -2.29. The van der Waals surface area contributed by atoms with Gasteiger partial charge in [0.2, 0.25) is 0 Å². The minimum atomic E-state index is -0.175. The fourth-order valence-corrected chi connectivity index (χ4v) is 3.82. The predicted molar refractivity (Wildman–Crippen MR) is 91.7 cm³/mol. The zero-order chi connectivity index (χ0) is 15.6. The molecule has 3 nitrogen and oxygen atoms in total.